The van der Waals surface area contributed by atoms with Crippen LogP contribution in [0.2, 0.25) is 0 Å². The van der Waals surface area contributed by atoms with Crippen LogP contribution in [0.3, 0.4) is 0 Å². The lowest BCUT2D eigenvalue weighted by molar-refractivity contribution is -0.305. The predicted octanol–water partition coefficient (Wildman–Crippen LogP) is 7.63. The maximum atomic E-state index is 12.6. The van der Waals surface area contributed by atoms with Crippen LogP contribution in [0.1, 0.15) is 149 Å². The number of unbranched alkanes of at least 4 members (excludes halogenated alkanes) is 15. The number of ether oxygens (including phenoxy) is 4. The van der Waals surface area contributed by atoms with Crippen LogP contribution in [0.4, 0.5) is 0 Å². The Bertz CT molecular complexity index is 844. The van der Waals surface area contributed by atoms with Gasteiger partial charge in [-0.3, -0.25) is 4.79 Å². The van der Waals surface area contributed by atoms with Gasteiger partial charge in [0.1, 0.15) is 30.5 Å². The van der Waals surface area contributed by atoms with Gasteiger partial charge in [0.2, 0.25) is 0 Å². The predicted molar refractivity (Wildman–Crippen MR) is 196 cm³/mol. The largest absolute Gasteiger partial charge is 0.457 e. The van der Waals surface area contributed by atoms with Crippen LogP contribution in [0.25, 0.3) is 0 Å². The number of hydrogen-bond acceptors (Lipinski definition) is 9. The number of hydrogen-bond donors (Lipinski definition) is 4. The van der Waals surface area contributed by atoms with Gasteiger partial charge in [-0.25, -0.2) is 0 Å². The van der Waals surface area contributed by atoms with Crippen LogP contribution in [-0.2, 0) is 23.7 Å². The van der Waals surface area contributed by atoms with Gasteiger partial charge in [0, 0.05) is 13.0 Å². The first-order chi connectivity index (χ1) is 23.9. The lowest BCUT2D eigenvalue weighted by Crippen LogP contribution is -2.59. The fraction of sp³-hybridized carbons (Fsp3) is 0.825. The monoisotopic (exact) mass is 697 g/mol. The Kier molecular flexibility index (Phi) is 30.0. The van der Waals surface area contributed by atoms with Gasteiger partial charge in [-0.15, -0.1) is 0 Å². The molecule has 6 atom stereocenters. The molecular weight excluding hydrogens is 624 g/mol. The molecule has 0 aliphatic carbocycles. The number of esters is 1. The fourth-order valence-electron chi connectivity index (χ4n) is 5.74. The average Bonchev–Trinajstić information content (AvgIpc) is 3.10. The molecule has 0 saturated carbocycles. The summed E-state index contributed by atoms with van der Waals surface area (Å²) in [6.07, 6.45) is 29.0. The highest BCUT2D eigenvalue weighted by atomic mass is 16.7. The van der Waals surface area contributed by atoms with Crippen LogP contribution >= 0.6 is 0 Å². The smallest absolute Gasteiger partial charge is 0.306 e. The first-order valence-electron chi connectivity index (χ1n) is 19.6. The molecule has 1 heterocycles. The van der Waals surface area contributed by atoms with Crippen LogP contribution in [0, 0.1) is 0 Å². The number of aliphatic hydroxyl groups excluding tert-OH is 4. The van der Waals surface area contributed by atoms with E-state index in [0.29, 0.717) is 13.0 Å². The van der Waals surface area contributed by atoms with Crippen molar-refractivity contribution in [2.45, 2.75) is 185 Å². The number of rotatable bonds is 32. The second-order valence-corrected chi connectivity index (χ2v) is 13.4. The molecule has 0 spiro atoms. The Balaban J connectivity index is 2.27. The number of carbonyl (C=O) groups is 1. The lowest BCUT2D eigenvalue weighted by Gasteiger charge is -2.39. The molecule has 0 aromatic rings. The molecule has 1 fully saturated rings. The summed E-state index contributed by atoms with van der Waals surface area (Å²) in [7, 11) is 0. The summed E-state index contributed by atoms with van der Waals surface area (Å²) < 4.78 is 22.7. The van der Waals surface area contributed by atoms with Crippen molar-refractivity contribution in [3.8, 4) is 0 Å². The molecule has 0 aromatic carbocycles. The minimum atomic E-state index is -1.53. The van der Waals surface area contributed by atoms with Crippen molar-refractivity contribution in [2.75, 3.05) is 26.4 Å². The Morgan fingerprint density at radius 1 is 0.673 bits per heavy atom. The molecule has 0 aromatic heterocycles. The summed E-state index contributed by atoms with van der Waals surface area (Å²) in [5, 5.41) is 39.9. The first-order valence-corrected chi connectivity index (χ1v) is 19.6. The Morgan fingerprint density at radius 2 is 1.24 bits per heavy atom. The van der Waals surface area contributed by atoms with Gasteiger partial charge in [-0.05, 0) is 44.9 Å². The van der Waals surface area contributed by atoms with Crippen molar-refractivity contribution in [2.24, 2.45) is 0 Å². The van der Waals surface area contributed by atoms with E-state index in [-0.39, 0.29) is 19.2 Å². The van der Waals surface area contributed by atoms with Crippen molar-refractivity contribution >= 4 is 5.97 Å². The molecular formula is C40H72O9. The van der Waals surface area contributed by atoms with Gasteiger partial charge >= 0.3 is 5.97 Å². The number of allylic oxidation sites excluding steroid dienone is 6. The molecule has 1 saturated heterocycles. The van der Waals surface area contributed by atoms with Gasteiger partial charge in [0.05, 0.1) is 19.8 Å². The van der Waals surface area contributed by atoms with E-state index in [2.05, 4.69) is 50.3 Å². The van der Waals surface area contributed by atoms with E-state index in [1.54, 1.807) is 0 Å². The van der Waals surface area contributed by atoms with E-state index in [4.69, 9.17) is 18.9 Å². The highest BCUT2D eigenvalue weighted by Gasteiger charge is 2.44. The van der Waals surface area contributed by atoms with E-state index in [1.807, 2.05) is 0 Å². The maximum Gasteiger partial charge on any atom is 0.306 e. The standard InChI is InChI=1S/C40H72O9/c1-3-5-7-9-11-13-14-15-16-17-18-19-20-21-22-24-26-28-30-46-32-34(48-36(42)29-27-25-23-12-10-8-6-4-2)33-47-40-39(45)38(44)37(43)35(31-41)49-40/h5,7,11,13,15-16,34-35,37-41,43-45H,3-4,6,8-10,12,14,17-33H2,1-2H3/b7-5-,13-11-,16-15-. The Hall–Kier alpha value is -1.59. The zero-order valence-corrected chi connectivity index (χ0v) is 30.9. The van der Waals surface area contributed by atoms with Crippen molar-refractivity contribution in [3.63, 3.8) is 0 Å². The molecule has 1 aliphatic rings. The topological polar surface area (TPSA) is 135 Å². The summed E-state index contributed by atoms with van der Waals surface area (Å²) in [5.41, 5.74) is 0. The molecule has 0 bridgehead atoms. The van der Waals surface area contributed by atoms with E-state index >= 15 is 0 Å². The molecule has 1 aliphatic heterocycles. The van der Waals surface area contributed by atoms with Crippen molar-refractivity contribution in [1.29, 1.82) is 0 Å². The minimum absolute atomic E-state index is 0.115. The second-order valence-electron chi connectivity index (χ2n) is 13.4. The number of carbonyl (C=O) groups excluding carboxylic acids is 1. The highest BCUT2D eigenvalue weighted by Crippen LogP contribution is 2.22. The summed E-state index contributed by atoms with van der Waals surface area (Å²) >= 11 is 0. The molecule has 49 heavy (non-hydrogen) atoms. The van der Waals surface area contributed by atoms with Crippen molar-refractivity contribution < 1.29 is 44.2 Å². The molecule has 6 unspecified atom stereocenters. The van der Waals surface area contributed by atoms with E-state index in [0.717, 1.165) is 57.8 Å². The third kappa shape index (κ3) is 24.3. The van der Waals surface area contributed by atoms with Gasteiger partial charge in [-0.1, -0.05) is 134 Å². The zero-order chi connectivity index (χ0) is 35.8. The normalized spacial score (nSPS) is 22.1. The number of aliphatic hydroxyl groups is 4. The molecule has 0 amide bonds. The Morgan fingerprint density at radius 3 is 1.88 bits per heavy atom. The Labute approximate surface area is 298 Å². The summed E-state index contributed by atoms with van der Waals surface area (Å²) in [4.78, 5) is 12.6. The van der Waals surface area contributed by atoms with Crippen molar-refractivity contribution in [3.05, 3.63) is 36.5 Å². The van der Waals surface area contributed by atoms with E-state index < -0.39 is 43.4 Å². The SMILES string of the molecule is CC/C=C\C/C=C\C/C=C\CCCCCCCCCCOCC(COC1OC(CO)C(O)C(O)C1O)OC(=O)CCCCCCCCCC. The van der Waals surface area contributed by atoms with E-state index in [1.165, 1.54) is 70.6 Å². The van der Waals surface area contributed by atoms with E-state index in [9.17, 15) is 25.2 Å². The molecule has 9 nitrogen and oxygen atoms in total. The van der Waals surface area contributed by atoms with Crippen LogP contribution in [0.5, 0.6) is 0 Å². The minimum Gasteiger partial charge on any atom is -0.457 e. The van der Waals surface area contributed by atoms with Gasteiger partial charge in [0.25, 0.3) is 0 Å². The van der Waals surface area contributed by atoms with Crippen LogP contribution in [0.15, 0.2) is 36.5 Å². The van der Waals surface area contributed by atoms with Gasteiger partial charge in [0.15, 0.2) is 6.29 Å². The molecule has 0 radical (unpaired) electrons. The molecule has 286 valence electrons. The summed E-state index contributed by atoms with van der Waals surface area (Å²) in [6.45, 7) is 4.39. The molecule has 1 rings (SSSR count). The summed E-state index contributed by atoms with van der Waals surface area (Å²) in [5.74, 6) is -0.323. The molecule has 9 heteroatoms. The fourth-order valence-corrected chi connectivity index (χ4v) is 5.74. The van der Waals surface area contributed by atoms with Gasteiger partial charge in [-0.2, -0.15) is 0 Å². The third-order valence-electron chi connectivity index (χ3n) is 8.82. The lowest BCUT2D eigenvalue weighted by atomic mass is 9.99. The van der Waals surface area contributed by atoms with Gasteiger partial charge < -0.3 is 39.4 Å². The van der Waals surface area contributed by atoms with Crippen LogP contribution in [-0.4, -0.2) is 89.6 Å². The first kappa shape index (κ1) is 45.4. The quantitative estimate of drug-likeness (QED) is 0.0318. The second kappa shape index (κ2) is 32.3. The third-order valence-corrected chi connectivity index (χ3v) is 8.82. The molecule has 4 N–H and O–H groups in total. The summed E-state index contributed by atoms with van der Waals surface area (Å²) in [6, 6.07) is 0. The van der Waals surface area contributed by atoms with Crippen molar-refractivity contribution in [1.82, 2.24) is 0 Å². The highest BCUT2D eigenvalue weighted by molar-refractivity contribution is 5.69. The zero-order valence-electron chi connectivity index (χ0n) is 30.9. The average molecular weight is 697 g/mol. The maximum absolute atomic E-state index is 12.6. The van der Waals surface area contributed by atoms with Crippen LogP contribution < -0.4 is 0 Å².